The van der Waals surface area contributed by atoms with E-state index in [2.05, 4.69) is 0 Å². The Morgan fingerprint density at radius 3 is 2.55 bits per heavy atom. The van der Waals surface area contributed by atoms with Crippen molar-refractivity contribution in [3.8, 4) is 5.75 Å². The lowest BCUT2D eigenvalue weighted by atomic mass is 10.2. The minimum atomic E-state index is -4.04. The molecule has 22 heavy (non-hydrogen) atoms. The lowest BCUT2D eigenvalue weighted by Gasteiger charge is -2.19. The van der Waals surface area contributed by atoms with Crippen molar-refractivity contribution in [2.45, 2.75) is 11.8 Å². The van der Waals surface area contributed by atoms with Crippen molar-refractivity contribution >= 4 is 21.7 Å². The highest BCUT2D eigenvalue weighted by Crippen LogP contribution is 2.30. The van der Waals surface area contributed by atoms with E-state index in [9.17, 15) is 23.3 Å². The molecule has 10 heteroatoms. The minimum Gasteiger partial charge on any atom is -0.490 e. The van der Waals surface area contributed by atoms with Gasteiger partial charge in [-0.05, 0) is 12.1 Å². The van der Waals surface area contributed by atoms with Crippen molar-refractivity contribution < 1.29 is 28.0 Å². The third-order valence-electron chi connectivity index (χ3n) is 3.01. The number of sulfonamides is 1. The van der Waals surface area contributed by atoms with Crippen LogP contribution in [-0.2, 0) is 14.8 Å². The zero-order valence-electron chi connectivity index (χ0n) is 12.2. The Kier molecular flexibility index (Phi) is 5.44. The molecule has 1 rings (SSSR count). The first-order valence-electron chi connectivity index (χ1n) is 6.12. The molecular formula is C12H16N2O7S. The Hall–Kier alpha value is -2.20. The molecule has 1 aromatic carbocycles. The molecule has 1 atom stereocenters. The number of methoxy groups -OCH3 is 1. The Labute approximate surface area is 127 Å². The van der Waals surface area contributed by atoms with Crippen LogP contribution in [0.5, 0.6) is 5.75 Å². The molecule has 0 fully saturated rings. The van der Waals surface area contributed by atoms with Crippen LogP contribution >= 0.6 is 0 Å². The maximum Gasteiger partial charge on any atom is 0.312 e. The van der Waals surface area contributed by atoms with Crippen LogP contribution in [0, 0.1) is 16.0 Å². The van der Waals surface area contributed by atoms with Gasteiger partial charge in [0.1, 0.15) is 0 Å². The van der Waals surface area contributed by atoms with Gasteiger partial charge in [0.15, 0.2) is 5.75 Å². The highest BCUT2D eigenvalue weighted by Gasteiger charge is 2.27. The van der Waals surface area contributed by atoms with Crippen LogP contribution in [0.2, 0.25) is 0 Å². The van der Waals surface area contributed by atoms with E-state index in [4.69, 9.17) is 9.84 Å². The van der Waals surface area contributed by atoms with Gasteiger partial charge in [0, 0.05) is 19.7 Å². The van der Waals surface area contributed by atoms with Crippen LogP contribution in [0.1, 0.15) is 6.92 Å². The lowest BCUT2D eigenvalue weighted by molar-refractivity contribution is -0.386. The van der Waals surface area contributed by atoms with Gasteiger partial charge in [0.2, 0.25) is 10.0 Å². The molecule has 0 aliphatic rings. The second kappa shape index (κ2) is 6.71. The van der Waals surface area contributed by atoms with Gasteiger partial charge in [-0.2, -0.15) is 0 Å². The Morgan fingerprint density at radius 2 is 2.09 bits per heavy atom. The van der Waals surface area contributed by atoms with Crippen LogP contribution in [0.4, 0.5) is 5.69 Å². The van der Waals surface area contributed by atoms with E-state index in [1.807, 2.05) is 0 Å². The predicted octanol–water partition coefficient (Wildman–Crippen LogP) is 0.945. The third kappa shape index (κ3) is 3.71. The van der Waals surface area contributed by atoms with Crippen molar-refractivity contribution in [2.24, 2.45) is 5.92 Å². The van der Waals surface area contributed by atoms with Crippen LogP contribution in [0.3, 0.4) is 0 Å². The number of hydrogen-bond donors (Lipinski definition) is 1. The van der Waals surface area contributed by atoms with Crippen LogP contribution in [0.15, 0.2) is 23.1 Å². The fourth-order valence-corrected chi connectivity index (χ4v) is 3.00. The monoisotopic (exact) mass is 332 g/mol. The average molecular weight is 332 g/mol. The van der Waals surface area contributed by atoms with E-state index in [1.165, 1.54) is 33.2 Å². The van der Waals surface area contributed by atoms with E-state index in [-0.39, 0.29) is 17.2 Å². The zero-order chi connectivity index (χ0) is 17.1. The first-order valence-corrected chi connectivity index (χ1v) is 7.56. The van der Waals surface area contributed by atoms with Crippen molar-refractivity contribution in [3.63, 3.8) is 0 Å². The quantitative estimate of drug-likeness (QED) is 0.581. The van der Waals surface area contributed by atoms with Gasteiger partial charge in [0.05, 0.1) is 22.8 Å². The van der Waals surface area contributed by atoms with Crippen LogP contribution in [-0.4, -0.2) is 49.4 Å². The molecule has 0 aromatic heterocycles. The van der Waals surface area contributed by atoms with E-state index < -0.39 is 32.5 Å². The average Bonchev–Trinajstić information content (AvgIpc) is 2.45. The molecule has 1 unspecified atom stereocenters. The number of carboxylic acid groups (broad SMARTS) is 1. The predicted molar refractivity (Wildman–Crippen MR) is 76.3 cm³/mol. The van der Waals surface area contributed by atoms with Gasteiger partial charge in [-0.1, -0.05) is 6.92 Å². The van der Waals surface area contributed by atoms with E-state index in [1.54, 1.807) is 0 Å². The summed E-state index contributed by atoms with van der Waals surface area (Å²) in [5, 5.41) is 19.8. The number of rotatable bonds is 7. The Bertz CT molecular complexity index is 687. The number of benzene rings is 1. The van der Waals surface area contributed by atoms with E-state index >= 15 is 0 Å². The fourth-order valence-electron chi connectivity index (χ4n) is 1.71. The number of carboxylic acids is 1. The van der Waals surface area contributed by atoms with Gasteiger partial charge in [-0.25, -0.2) is 12.7 Å². The molecule has 0 bridgehead atoms. The smallest absolute Gasteiger partial charge is 0.312 e. The molecule has 0 aliphatic carbocycles. The number of hydrogen-bond acceptors (Lipinski definition) is 6. The summed E-state index contributed by atoms with van der Waals surface area (Å²) in [5.41, 5.74) is -0.483. The molecular weight excluding hydrogens is 316 g/mol. The molecule has 122 valence electrons. The number of nitro groups is 1. The minimum absolute atomic E-state index is 0.0643. The molecule has 0 heterocycles. The summed E-state index contributed by atoms with van der Waals surface area (Å²) in [7, 11) is -1.59. The normalized spacial score (nSPS) is 12.9. The summed E-state index contributed by atoms with van der Waals surface area (Å²) in [6, 6.07) is 3.23. The van der Waals surface area contributed by atoms with Gasteiger partial charge < -0.3 is 9.84 Å². The molecule has 0 radical (unpaired) electrons. The number of nitro benzene ring substituents is 1. The van der Waals surface area contributed by atoms with Gasteiger partial charge in [-0.15, -0.1) is 0 Å². The van der Waals surface area contributed by atoms with Gasteiger partial charge >= 0.3 is 11.7 Å². The Balaban J connectivity index is 3.20. The second-order valence-corrected chi connectivity index (χ2v) is 6.66. The molecule has 1 N–H and O–H groups in total. The lowest BCUT2D eigenvalue weighted by Crippen LogP contribution is -2.33. The molecule has 1 aromatic rings. The number of ether oxygens (including phenoxy) is 1. The van der Waals surface area contributed by atoms with E-state index in [0.29, 0.717) is 0 Å². The first kappa shape index (κ1) is 17.9. The fraction of sp³-hybridized carbons (Fsp3) is 0.417. The summed E-state index contributed by atoms with van der Waals surface area (Å²) >= 11 is 0. The summed E-state index contributed by atoms with van der Waals surface area (Å²) in [4.78, 5) is 20.7. The van der Waals surface area contributed by atoms with Crippen molar-refractivity contribution in [2.75, 3.05) is 20.7 Å². The van der Waals surface area contributed by atoms with Gasteiger partial charge in [-0.3, -0.25) is 14.9 Å². The van der Waals surface area contributed by atoms with E-state index in [0.717, 1.165) is 10.4 Å². The highest BCUT2D eigenvalue weighted by molar-refractivity contribution is 7.89. The maximum atomic E-state index is 12.3. The van der Waals surface area contributed by atoms with Crippen molar-refractivity contribution in [3.05, 3.63) is 28.3 Å². The van der Waals surface area contributed by atoms with Crippen LogP contribution < -0.4 is 4.74 Å². The van der Waals surface area contributed by atoms with Gasteiger partial charge in [0.25, 0.3) is 0 Å². The summed E-state index contributed by atoms with van der Waals surface area (Å²) < 4.78 is 30.3. The number of nitrogens with zero attached hydrogens (tertiary/aromatic N) is 2. The van der Waals surface area contributed by atoms with Crippen LogP contribution in [0.25, 0.3) is 0 Å². The summed E-state index contributed by atoms with van der Waals surface area (Å²) in [6.45, 7) is 1.11. The zero-order valence-corrected chi connectivity index (χ0v) is 13.0. The molecule has 0 aliphatic heterocycles. The number of carbonyl (C=O) groups is 1. The number of aliphatic carboxylic acids is 1. The largest absolute Gasteiger partial charge is 0.490 e. The molecule has 0 saturated heterocycles. The SMILES string of the molecule is COc1ccc(S(=O)(=O)N(C)CC(C)C(=O)O)cc1[N+](=O)[O-]. The highest BCUT2D eigenvalue weighted by atomic mass is 32.2. The van der Waals surface area contributed by atoms with Crippen molar-refractivity contribution in [1.82, 2.24) is 4.31 Å². The molecule has 0 saturated carbocycles. The standard InChI is InChI=1S/C12H16N2O7S/c1-8(12(15)16)7-13(2)22(19,20)9-4-5-11(21-3)10(6-9)14(17)18/h4-6,8H,7H2,1-3H3,(H,15,16). The summed E-state index contributed by atoms with van der Waals surface area (Å²) in [6.07, 6.45) is 0. The molecule has 0 spiro atoms. The third-order valence-corrected chi connectivity index (χ3v) is 4.83. The van der Waals surface area contributed by atoms with Crippen molar-refractivity contribution in [1.29, 1.82) is 0 Å². The molecule has 0 amide bonds. The maximum absolute atomic E-state index is 12.3. The summed E-state index contributed by atoms with van der Waals surface area (Å²) in [5.74, 6) is -2.11. The second-order valence-electron chi connectivity index (χ2n) is 4.62. The Morgan fingerprint density at radius 1 is 1.50 bits per heavy atom. The first-order chi connectivity index (χ1) is 10.1. The topological polar surface area (TPSA) is 127 Å². The molecule has 9 nitrogen and oxygen atoms in total.